The fraction of sp³-hybridized carbons (Fsp3) is 0.300. The Morgan fingerprint density at radius 1 is 0.931 bits per heavy atom. The summed E-state index contributed by atoms with van der Waals surface area (Å²) in [6, 6.07) is 8.98. The Labute approximate surface area is 183 Å². The Morgan fingerprint density at radius 2 is 1.55 bits per heavy atom. The van der Waals surface area contributed by atoms with Crippen molar-refractivity contribution in [2.45, 2.75) is 12.8 Å². The van der Waals surface area contributed by atoms with Crippen molar-refractivity contribution in [3.8, 4) is 0 Å². The number of amides is 2. The molecule has 0 aliphatic carbocycles. The van der Waals surface area contributed by atoms with Crippen LogP contribution in [0.4, 0.5) is 15.8 Å². The Kier molecular flexibility index (Phi) is 7.35. The van der Waals surface area contributed by atoms with Gasteiger partial charge in [-0.3, -0.25) is 14.5 Å². The van der Waals surface area contributed by atoms with Crippen molar-refractivity contribution in [1.82, 2.24) is 4.90 Å². The van der Waals surface area contributed by atoms with Gasteiger partial charge in [0.15, 0.2) is 0 Å². The number of likely N-dealkylation sites (tertiary alicyclic amines) is 1. The van der Waals surface area contributed by atoms with Crippen LogP contribution in [0.25, 0.3) is 0 Å². The Balaban J connectivity index is 1.45. The number of halogens is 4. The molecule has 2 aromatic carbocycles. The highest BCUT2D eigenvalue weighted by atomic mass is 35.5. The number of rotatable bonds is 5. The average Bonchev–Trinajstić information content (AvgIpc) is 2.68. The van der Waals surface area contributed by atoms with Crippen LogP contribution in [0.2, 0.25) is 15.1 Å². The van der Waals surface area contributed by atoms with Crippen molar-refractivity contribution < 1.29 is 14.0 Å². The number of carbonyl (C=O) groups excluding carboxylic acids is 2. The summed E-state index contributed by atoms with van der Waals surface area (Å²) in [5.41, 5.74) is 1.04. The van der Waals surface area contributed by atoms with E-state index in [0.29, 0.717) is 47.4 Å². The first-order chi connectivity index (χ1) is 13.8. The molecule has 29 heavy (non-hydrogen) atoms. The van der Waals surface area contributed by atoms with Crippen LogP contribution in [0, 0.1) is 11.7 Å². The molecule has 0 radical (unpaired) electrons. The fourth-order valence-electron chi connectivity index (χ4n) is 3.15. The molecule has 0 unspecified atom stereocenters. The minimum Gasteiger partial charge on any atom is -0.326 e. The number of carbonyl (C=O) groups is 2. The van der Waals surface area contributed by atoms with E-state index in [0.717, 1.165) is 0 Å². The highest BCUT2D eigenvalue weighted by Gasteiger charge is 2.26. The molecule has 1 heterocycles. The standard InChI is InChI=1S/C20H19Cl3FN3O2/c21-15-3-1-13(9-16(15)22)25-19(28)11-27-7-5-12(6-8-27)20(29)26-14-2-4-18(24)17(23)10-14/h1-4,9-10,12H,5-8,11H2,(H,25,28)(H,26,29). The average molecular weight is 459 g/mol. The lowest BCUT2D eigenvalue weighted by Crippen LogP contribution is -2.41. The molecule has 154 valence electrons. The molecule has 0 saturated carbocycles. The lowest BCUT2D eigenvalue weighted by atomic mass is 9.96. The quantitative estimate of drug-likeness (QED) is 0.657. The van der Waals surface area contributed by atoms with Gasteiger partial charge in [0.1, 0.15) is 5.82 Å². The monoisotopic (exact) mass is 457 g/mol. The van der Waals surface area contributed by atoms with Crippen molar-refractivity contribution in [2.75, 3.05) is 30.3 Å². The van der Waals surface area contributed by atoms with Crippen LogP contribution in [0.1, 0.15) is 12.8 Å². The second-order valence-electron chi connectivity index (χ2n) is 6.85. The van der Waals surface area contributed by atoms with Crippen LogP contribution >= 0.6 is 34.8 Å². The maximum absolute atomic E-state index is 13.2. The molecule has 0 atom stereocenters. The molecule has 2 aromatic rings. The van der Waals surface area contributed by atoms with E-state index in [2.05, 4.69) is 10.6 Å². The number of nitrogens with one attached hydrogen (secondary N) is 2. The SMILES string of the molecule is O=C(CN1CCC(C(=O)Nc2ccc(F)c(Cl)c2)CC1)Nc1ccc(Cl)c(Cl)c1. The number of hydrogen-bond acceptors (Lipinski definition) is 3. The predicted molar refractivity (Wildman–Crippen MR) is 114 cm³/mol. The molecule has 2 amide bonds. The maximum atomic E-state index is 13.2. The van der Waals surface area contributed by atoms with Gasteiger partial charge in [-0.05, 0) is 62.3 Å². The molecule has 2 N–H and O–H groups in total. The van der Waals surface area contributed by atoms with Crippen LogP contribution < -0.4 is 10.6 Å². The number of benzene rings is 2. The number of nitrogens with zero attached hydrogens (tertiary/aromatic N) is 1. The van der Waals surface area contributed by atoms with Crippen LogP contribution in [0.3, 0.4) is 0 Å². The van der Waals surface area contributed by atoms with Crippen LogP contribution in [0.15, 0.2) is 36.4 Å². The summed E-state index contributed by atoms with van der Waals surface area (Å²) in [6.45, 7) is 1.47. The van der Waals surface area contributed by atoms with Gasteiger partial charge in [-0.1, -0.05) is 34.8 Å². The molecule has 3 rings (SSSR count). The van der Waals surface area contributed by atoms with Gasteiger partial charge < -0.3 is 10.6 Å². The molecule has 1 saturated heterocycles. The summed E-state index contributed by atoms with van der Waals surface area (Å²) in [4.78, 5) is 26.7. The minimum atomic E-state index is -0.530. The first kappa shape index (κ1) is 21.8. The topological polar surface area (TPSA) is 61.4 Å². The van der Waals surface area contributed by atoms with Crippen LogP contribution in [0.5, 0.6) is 0 Å². The third kappa shape index (κ3) is 6.06. The smallest absolute Gasteiger partial charge is 0.238 e. The number of piperidine rings is 1. The van der Waals surface area contributed by atoms with Crippen LogP contribution in [-0.4, -0.2) is 36.3 Å². The van der Waals surface area contributed by atoms with Crippen molar-refractivity contribution in [3.63, 3.8) is 0 Å². The van der Waals surface area contributed by atoms with Gasteiger partial charge in [-0.15, -0.1) is 0 Å². The summed E-state index contributed by atoms with van der Waals surface area (Å²) in [7, 11) is 0. The van der Waals surface area contributed by atoms with E-state index in [1.54, 1.807) is 18.2 Å². The Hall–Kier alpha value is -1.86. The van der Waals surface area contributed by atoms with Crippen molar-refractivity contribution in [3.05, 3.63) is 57.3 Å². The van der Waals surface area contributed by atoms with Gasteiger partial charge in [-0.2, -0.15) is 0 Å². The fourth-order valence-corrected chi connectivity index (χ4v) is 3.63. The second kappa shape index (κ2) is 9.76. The van der Waals surface area contributed by atoms with Crippen molar-refractivity contribution in [2.24, 2.45) is 5.92 Å². The summed E-state index contributed by atoms with van der Waals surface area (Å²) in [5.74, 6) is -0.995. The van der Waals surface area contributed by atoms with Gasteiger partial charge in [0.05, 0.1) is 21.6 Å². The molecule has 9 heteroatoms. The molecular weight excluding hydrogens is 440 g/mol. The molecule has 0 aromatic heterocycles. The zero-order chi connectivity index (χ0) is 21.0. The number of hydrogen-bond donors (Lipinski definition) is 2. The molecule has 5 nitrogen and oxygen atoms in total. The molecular formula is C20H19Cl3FN3O2. The first-order valence-corrected chi connectivity index (χ1v) is 10.2. The second-order valence-corrected chi connectivity index (χ2v) is 8.07. The zero-order valence-electron chi connectivity index (χ0n) is 15.4. The molecule has 1 aliphatic heterocycles. The summed E-state index contributed by atoms with van der Waals surface area (Å²) in [5, 5.41) is 6.32. The molecule has 0 bridgehead atoms. The van der Waals surface area contributed by atoms with Gasteiger partial charge in [0, 0.05) is 17.3 Å². The van der Waals surface area contributed by atoms with E-state index in [-0.39, 0.29) is 29.3 Å². The third-order valence-corrected chi connectivity index (χ3v) is 5.74. The normalized spacial score (nSPS) is 15.2. The summed E-state index contributed by atoms with van der Waals surface area (Å²) >= 11 is 17.6. The zero-order valence-corrected chi connectivity index (χ0v) is 17.6. The molecule has 1 fully saturated rings. The molecule has 0 spiro atoms. The molecule has 1 aliphatic rings. The van der Waals surface area contributed by atoms with E-state index in [1.807, 2.05) is 4.90 Å². The first-order valence-electron chi connectivity index (χ1n) is 9.05. The van der Waals surface area contributed by atoms with Crippen molar-refractivity contribution >= 4 is 58.0 Å². The highest BCUT2D eigenvalue weighted by molar-refractivity contribution is 6.42. The summed E-state index contributed by atoms with van der Waals surface area (Å²) < 4.78 is 13.2. The van der Waals surface area contributed by atoms with Gasteiger partial charge in [0.25, 0.3) is 0 Å². The van der Waals surface area contributed by atoms with Crippen LogP contribution in [-0.2, 0) is 9.59 Å². The predicted octanol–water partition coefficient (Wildman–Crippen LogP) is 5.08. The van der Waals surface area contributed by atoms with E-state index in [9.17, 15) is 14.0 Å². The minimum absolute atomic E-state index is 0.0365. The van der Waals surface area contributed by atoms with E-state index < -0.39 is 5.82 Å². The van der Waals surface area contributed by atoms with Gasteiger partial charge >= 0.3 is 0 Å². The largest absolute Gasteiger partial charge is 0.326 e. The highest BCUT2D eigenvalue weighted by Crippen LogP contribution is 2.25. The van der Waals surface area contributed by atoms with E-state index >= 15 is 0 Å². The number of anilines is 2. The Bertz CT molecular complexity index is 918. The Morgan fingerprint density at radius 3 is 2.21 bits per heavy atom. The lowest BCUT2D eigenvalue weighted by Gasteiger charge is -2.30. The maximum Gasteiger partial charge on any atom is 0.238 e. The third-order valence-electron chi connectivity index (χ3n) is 4.72. The van der Waals surface area contributed by atoms with E-state index in [4.69, 9.17) is 34.8 Å². The van der Waals surface area contributed by atoms with Gasteiger partial charge in [0.2, 0.25) is 11.8 Å². The lowest BCUT2D eigenvalue weighted by molar-refractivity contribution is -0.121. The van der Waals surface area contributed by atoms with Crippen molar-refractivity contribution in [1.29, 1.82) is 0 Å². The van der Waals surface area contributed by atoms with E-state index in [1.165, 1.54) is 18.2 Å². The van der Waals surface area contributed by atoms with Gasteiger partial charge in [-0.25, -0.2) is 4.39 Å². The summed E-state index contributed by atoms with van der Waals surface area (Å²) in [6.07, 6.45) is 1.25.